The molecule has 3 heteroatoms. The van der Waals surface area contributed by atoms with Crippen molar-refractivity contribution in [3.05, 3.63) is 58.8 Å². The van der Waals surface area contributed by atoms with Crippen LogP contribution in [0.5, 0.6) is 0 Å². The molecule has 2 rings (SSSR count). The molecule has 1 unspecified atom stereocenters. The van der Waals surface area contributed by atoms with Crippen LogP contribution in [0, 0.1) is 13.8 Å². The van der Waals surface area contributed by atoms with Gasteiger partial charge in [-0.1, -0.05) is 35.4 Å². The molecule has 0 saturated heterocycles. The lowest BCUT2D eigenvalue weighted by atomic mass is 9.97. The van der Waals surface area contributed by atoms with Crippen LogP contribution in [-0.4, -0.2) is 18.1 Å². The molecule has 1 atom stereocenters. The third-order valence-electron chi connectivity index (χ3n) is 3.56. The predicted octanol–water partition coefficient (Wildman–Crippen LogP) is 2.65. The number of aryl methyl sites for hydroxylation is 2. The Balaban J connectivity index is 2.11. The van der Waals surface area contributed by atoms with Crippen LogP contribution in [0.1, 0.15) is 22.3 Å². The van der Waals surface area contributed by atoms with Crippen molar-refractivity contribution in [2.45, 2.75) is 32.7 Å². The van der Waals surface area contributed by atoms with Crippen LogP contribution < -0.4 is 11.1 Å². The zero-order valence-electron chi connectivity index (χ0n) is 12.5. The Bertz CT molecular complexity index is 558. The summed E-state index contributed by atoms with van der Waals surface area (Å²) in [4.78, 5) is 4.15. The molecule has 2 aromatic rings. The quantitative estimate of drug-likeness (QED) is 0.877. The highest BCUT2D eigenvalue weighted by Crippen LogP contribution is 2.15. The van der Waals surface area contributed by atoms with Crippen LogP contribution in [0.3, 0.4) is 0 Å². The van der Waals surface area contributed by atoms with Gasteiger partial charge >= 0.3 is 0 Å². The summed E-state index contributed by atoms with van der Waals surface area (Å²) in [5.74, 6) is 0.633. The van der Waals surface area contributed by atoms with Crippen LogP contribution in [-0.2, 0) is 12.8 Å². The fourth-order valence-electron chi connectivity index (χ4n) is 2.64. The minimum Gasteiger partial charge on any atom is -0.383 e. The summed E-state index contributed by atoms with van der Waals surface area (Å²) in [6, 6.07) is 11.1. The highest BCUT2D eigenvalue weighted by molar-refractivity contribution is 5.39. The molecular formula is C17H23N3. The van der Waals surface area contributed by atoms with E-state index in [1.165, 1.54) is 16.7 Å². The van der Waals surface area contributed by atoms with Crippen molar-refractivity contribution < 1.29 is 0 Å². The Morgan fingerprint density at radius 2 is 1.85 bits per heavy atom. The summed E-state index contributed by atoms with van der Waals surface area (Å²) >= 11 is 0. The van der Waals surface area contributed by atoms with Crippen LogP contribution in [0.15, 0.2) is 36.5 Å². The normalized spacial score (nSPS) is 12.3. The Morgan fingerprint density at radius 3 is 2.45 bits per heavy atom. The number of nitrogens with two attached hydrogens (primary N) is 1. The van der Waals surface area contributed by atoms with Gasteiger partial charge in [-0.15, -0.1) is 0 Å². The average molecular weight is 269 g/mol. The summed E-state index contributed by atoms with van der Waals surface area (Å²) in [5.41, 5.74) is 11.0. The lowest BCUT2D eigenvalue weighted by Crippen LogP contribution is -2.30. The first-order valence-corrected chi connectivity index (χ1v) is 7.02. The molecule has 0 spiro atoms. The van der Waals surface area contributed by atoms with E-state index in [0.717, 1.165) is 18.4 Å². The van der Waals surface area contributed by atoms with Crippen LogP contribution in [0.2, 0.25) is 0 Å². The Morgan fingerprint density at radius 1 is 1.15 bits per heavy atom. The Labute approximate surface area is 121 Å². The second-order valence-electron chi connectivity index (χ2n) is 5.44. The zero-order valence-corrected chi connectivity index (χ0v) is 12.5. The molecule has 106 valence electrons. The van der Waals surface area contributed by atoms with Crippen molar-refractivity contribution in [1.29, 1.82) is 0 Å². The maximum Gasteiger partial charge on any atom is 0.126 e. The number of benzene rings is 1. The molecule has 0 bridgehead atoms. The topological polar surface area (TPSA) is 50.9 Å². The van der Waals surface area contributed by atoms with Gasteiger partial charge in [0.15, 0.2) is 0 Å². The molecule has 0 aliphatic carbocycles. The van der Waals surface area contributed by atoms with Gasteiger partial charge in [-0.05, 0) is 50.9 Å². The molecule has 0 fully saturated rings. The molecule has 1 aromatic heterocycles. The highest BCUT2D eigenvalue weighted by Gasteiger charge is 2.11. The molecule has 0 aliphatic heterocycles. The standard InChI is InChI=1S/C17H23N3/c1-12-7-13(2)9-14(8-12)10-16(19-3)11-15-5-4-6-20-17(15)18/h4-9,16,19H,10-11H2,1-3H3,(H2,18,20). The van der Waals surface area contributed by atoms with Gasteiger partial charge in [0.25, 0.3) is 0 Å². The van der Waals surface area contributed by atoms with Crippen molar-refractivity contribution in [1.82, 2.24) is 10.3 Å². The van der Waals surface area contributed by atoms with Crippen LogP contribution in [0.25, 0.3) is 0 Å². The third-order valence-corrected chi connectivity index (χ3v) is 3.56. The molecule has 20 heavy (non-hydrogen) atoms. The fraction of sp³-hybridized carbons (Fsp3) is 0.353. The number of hydrogen-bond donors (Lipinski definition) is 2. The molecule has 1 heterocycles. The number of nitrogens with one attached hydrogen (secondary N) is 1. The maximum absolute atomic E-state index is 5.93. The number of pyridine rings is 1. The molecule has 1 aromatic carbocycles. The van der Waals surface area contributed by atoms with E-state index in [4.69, 9.17) is 5.73 Å². The van der Waals surface area contributed by atoms with Gasteiger partial charge < -0.3 is 11.1 Å². The van der Waals surface area contributed by atoms with Crippen molar-refractivity contribution in [2.24, 2.45) is 0 Å². The molecule has 0 saturated carbocycles. The van der Waals surface area contributed by atoms with Gasteiger partial charge in [0.2, 0.25) is 0 Å². The summed E-state index contributed by atoms with van der Waals surface area (Å²) < 4.78 is 0. The van der Waals surface area contributed by atoms with E-state index in [0.29, 0.717) is 11.9 Å². The smallest absolute Gasteiger partial charge is 0.126 e. The van der Waals surface area contributed by atoms with E-state index in [1.54, 1.807) is 6.20 Å². The van der Waals surface area contributed by atoms with E-state index >= 15 is 0 Å². The third kappa shape index (κ3) is 3.81. The lowest BCUT2D eigenvalue weighted by molar-refractivity contribution is 0.556. The number of nitrogen functional groups attached to an aromatic ring is 1. The van der Waals surface area contributed by atoms with E-state index in [1.807, 2.05) is 19.2 Å². The first-order chi connectivity index (χ1) is 9.58. The molecular weight excluding hydrogens is 246 g/mol. The van der Waals surface area contributed by atoms with Crippen molar-refractivity contribution >= 4 is 5.82 Å². The van der Waals surface area contributed by atoms with Gasteiger partial charge in [-0.3, -0.25) is 0 Å². The molecule has 0 amide bonds. The fourth-order valence-corrected chi connectivity index (χ4v) is 2.64. The van der Waals surface area contributed by atoms with Crippen molar-refractivity contribution in [3.8, 4) is 0 Å². The summed E-state index contributed by atoms with van der Waals surface area (Å²) in [6.07, 6.45) is 3.62. The monoisotopic (exact) mass is 269 g/mol. The predicted molar refractivity (Wildman–Crippen MR) is 84.8 cm³/mol. The van der Waals surface area contributed by atoms with Crippen LogP contribution >= 0.6 is 0 Å². The molecule has 0 aliphatic rings. The number of aromatic nitrogens is 1. The Kier molecular flexibility index (Phi) is 4.74. The summed E-state index contributed by atoms with van der Waals surface area (Å²) in [6.45, 7) is 4.29. The number of rotatable bonds is 5. The maximum atomic E-state index is 5.93. The molecule has 0 radical (unpaired) electrons. The van der Waals surface area contributed by atoms with E-state index < -0.39 is 0 Å². The van der Waals surface area contributed by atoms with Gasteiger partial charge in [0, 0.05) is 12.2 Å². The second-order valence-corrected chi connectivity index (χ2v) is 5.44. The number of likely N-dealkylation sites (N-methyl/N-ethyl adjacent to an activating group) is 1. The van der Waals surface area contributed by atoms with Gasteiger partial charge in [-0.2, -0.15) is 0 Å². The van der Waals surface area contributed by atoms with Gasteiger partial charge in [0.05, 0.1) is 0 Å². The number of anilines is 1. The lowest BCUT2D eigenvalue weighted by Gasteiger charge is -2.17. The van der Waals surface area contributed by atoms with E-state index in [-0.39, 0.29) is 0 Å². The minimum atomic E-state index is 0.364. The Hall–Kier alpha value is -1.87. The van der Waals surface area contributed by atoms with Crippen molar-refractivity contribution in [2.75, 3.05) is 12.8 Å². The van der Waals surface area contributed by atoms with E-state index in [2.05, 4.69) is 42.3 Å². The second kappa shape index (κ2) is 6.53. The van der Waals surface area contributed by atoms with Crippen molar-refractivity contribution in [3.63, 3.8) is 0 Å². The summed E-state index contributed by atoms with van der Waals surface area (Å²) in [7, 11) is 2.00. The van der Waals surface area contributed by atoms with Crippen LogP contribution in [0.4, 0.5) is 5.82 Å². The SMILES string of the molecule is CNC(Cc1cc(C)cc(C)c1)Cc1cccnc1N. The highest BCUT2D eigenvalue weighted by atomic mass is 14.9. The van der Waals surface area contributed by atoms with Gasteiger partial charge in [-0.25, -0.2) is 4.98 Å². The zero-order chi connectivity index (χ0) is 14.5. The number of hydrogen-bond acceptors (Lipinski definition) is 3. The largest absolute Gasteiger partial charge is 0.383 e. The minimum absolute atomic E-state index is 0.364. The average Bonchev–Trinajstić information content (AvgIpc) is 2.39. The number of nitrogens with zero attached hydrogens (tertiary/aromatic N) is 1. The first-order valence-electron chi connectivity index (χ1n) is 7.02. The van der Waals surface area contributed by atoms with E-state index in [9.17, 15) is 0 Å². The molecule has 3 nitrogen and oxygen atoms in total. The molecule has 3 N–H and O–H groups in total. The van der Waals surface area contributed by atoms with Gasteiger partial charge in [0.1, 0.15) is 5.82 Å². The first kappa shape index (κ1) is 14.5. The summed E-state index contributed by atoms with van der Waals surface area (Å²) in [5, 5.41) is 3.38.